The highest BCUT2D eigenvalue weighted by Crippen LogP contribution is 2.22. The first-order valence-corrected chi connectivity index (χ1v) is 5.42. The van der Waals surface area contributed by atoms with E-state index in [1.807, 2.05) is 0 Å². The molecule has 0 nitrogen and oxygen atoms in total. The SMILES string of the molecule is CCCCC(CC)C(C)C[S]. The van der Waals surface area contributed by atoms with Gasteiger partial charge in [-0.15, -0.1) is 0 Å². The standard InChI is InChI=1S/C10H21S/c1-4-6-7-10(5-2)9(3)8-11/h9-10H,4-8H2,1-3H3. The molecule has 0 bridgehead atoms. The molecule has 0 aliphatic carbocycles. The van der Waals surface area contributed by atoms with Gasteiger partial charge in [0.15, 0.2) is 0 Å². The topological polar surface area (TPSA) is 0 Å². The van der Waals surface area contributed by atoms with E-state index in [9.17, 15) is 0 Å². The van der Waals surface area contributed by atoms with Gasteiger partial charge in [-0.05, 0) is 11.8 Å². The summed E-state index contributed by atoms with van der Waals surface area (Å²) in [5.74, 6) is 2.57. The Morgan fingerprint density at radius 2 is 1.91 bits per heavy atom. The van der Waals surface area contributed by atoms with Gasteiger partial charge in [0, 0.05) is 5.75 Å². The summed E-state index contributed by atoms with van der Waals surface area (Å²) in [7, 11) is 0. The van der Waals surface area contributed by atoms with Crippen LogP contribution in [0.1, 0.15) is 46.5 Å². The van der Waals surface area contributed by atoms with E-state index in [0.717, 1.165) is 17.6 Å². The molecule has 0 rings (SSSR count). The van der Waals surface area contributed by atoms with Crippen LogP contribution in [0.5, 0.6) is 0 Å². The summed E-state index contributed by atoms with van der Waals surface area (Å²) >= 11 is 5.07. The maximum atomic E-state index is 5.07. The molecule has 0 amide bonds. The third kappa shape index (κ3) is 4.73. The number of hydrogen-bond donors (Lipinski definition) is 0. The number of hydrogen-bond acceptors (Lipinski definition) is 0. The molecule has 0 N–H and O–H groups in total. The normalized spacial score (nSPS) is 16.4. The molecule has 0 aromatic heterocycles. The zero-order valence-corrected chi connectivity index (χ0v) is 8.91. The van der Waals surface area contributed by atoms with Crippen molar-refractivity contribution in [3.63, 3.8) is 0 Å². The lowest BCUT2D eigenvalue weighted by atomic mass is 9.88. The molecule has 0 aliphatic heterocycles. The minimum absolute atomic E-state index is 0.751. The summed E-state index contributed by atoms with van der Waals surface area (Å²) in [5, 5.41) is 0. The quantitative estimate of drug-likeness (QED) is 0.569. The van der Waals surface area contributed by atoms with Gasteiger partial charge in [-0.3, -0.25) is 0 Å². The van der Waals surface area contributed by atoms with Crippen molar-refractivity contribution in [3.8, 4) is 0 Å². The fourth-order valence-corrected chi connectivity index (χ4v) is 1.77. The van der Waals surface area contributed by atoms with E-state index >= 15 is 0 Å². The van der Waals surface area contributed by atoms with Gasteiger partial charge in [0.2, 0.25) is 0 Å². The maximum Gasteiger partial charge on any atom is 0.00653 e. The fraction of sp³-hybridized carbons (Fsp3) is 1.00. The summed E-state index contributed by atoms with van der Waals surface area (Å²) < 4.78 is 0. The fourth-order valence-electron chi connectivity index (χ4n) is 1.49. The molecule has 1 heteroatoms. The second-order valence-corrected chi connectivity index (χ2v) is 3.79. The van der Waals surface area contributed by atoms with E-state index in [1.165, 1.54) is 25.7 Å². The van der Waals surface area contributed by atoms with Crippen molar-refractivity contribution in [2.24, 2.45) is 11.8 Å². The highest BCUT2D eigenvalue weighted by molar-refractivity contribution is 7.80. The van der Waals surface area contributed by atoms with Crippen LogP contribution in [0.2, 0.25) is 0 Å². The second-order valence-electron chi connectivity index (χ2n) is 3.45. The predicted molar refractivity (Wildman–Crippen MR) is 54.9 cm³/mol. The zero-order valence-electron chi connectivity index (χ0n) is 8.10. The first-order valence-electron chi connectivity index (χ1n) is 4.84. The summed E-state index contributed by atoms with van der Waals surface area (Å²) in [4.78, 5) is 0. The molecule has 67 valence electrons. The molecule has 2 atom stereocenters. The zero-order chi connectivity index (χ0) is 8.69. The molecule has 0 spiro atoms. The minimum atomic E-state index is 0.751. The lowest BCUT2D eigenvalue weighted by molar-refractivity contribution is 0.345. The Bertz CT molecular complexity index is 80.9. The van der Waals surface area contributed by atoms with Crippen molar-refractivity contribution < 1.29 is 0 Å². The smallest absolute Gasteiger partial charge is 0.00653 e. The van der Waals surface area contributed by atoms with Gasteiger partial charge in [-0.1, -0.05) is 59.1 Å². The molecule has 0 fully saturated rings. The van der Waals surface area contributed by atoms with Gasteiger partial charge < -0.3 is 0 Å². The van der Waals surface area contributed by atoms with Crippen LogP contribution in [-0.4, -0.2) is 5.75 Å². The van der Waals surface area contributed by atoms with Crippen LogP contribution in [0.3, 0.4) is 0 Å². The molecule has 0 aliphatic rings. The Morgan fingerprint density at radius 1 is 1.27 bits per heavy atom. The average molecular weight is 173 g/mol. The predicted octanol–water partition coefficient (Wildman–Crippen LogP) is 4.04. The van der Waals surface area contributed by atoms with Crippen molar-refractivity contribution >= 4 is 12.6 Å². The summed E-state index contributed by atoms with van der Waals surface area (Å²) in [6.45, 7) is 6.82. The summed E-state index contributed by atoms with van der Waals surface area (Å²) in [6.07, 6.45) is 5.38. The molecule has 0 aromatic carbocycles. The lowest BCUT2D eigenvalue weighted by Gasteiger charge is -2.20. The van der Waals surface area contributed by atoms with Crippen LogP contribution in [0.4, 0.5) is 0 Å². The van der Waals surface area contributed by atoms with Crippen LogP contribution in [0.25, 0.3) is 0 Å². The van der Waals surface area contributed by atoms with Crippen LogP contribution in [-0.2, 0) is 0 Å². The van der Waals surface area contributed by atoms with E-state index in [0.29, 0.717) is 0 Å². The maximum absolute atomic E-state index is 5.07. The molecule has 0 saturated heterocycles. The second kappa shape index (κ2) is 7.02. The largest absolute Gasteiger partial charge is 0.0939 e. The average Bonchev–Trinajstić information content (AvgIpc) is 2.05. The molecule has 1 radical (unpaired) electrons. The highest BCUT2D eigenvalue weighted by Gasteiger charge is 2.12. The van der Waals surface area contributed by atoms with E-state index in [4.69, 9.17) is 12.6 Å². The molecule has 0 aromatic rings. The van der Waals surface area contributed by atoms with Crippen molar-refractivity contribution in [2.75, 3.05) is 5.75 Å². The Kier molecular flexibility index (Phi) is 7.25. The Morgan fingerprint density at radius 3 is 2.27 bits per heavy atom. The lowest BCUT2D eigenvalue weighted by Crippen LogP contribution is -2.12. The van der Waals surface area contributed by atoms with E-state index in [-0.39, 0.29) is 0 Å². The van der Waals surface area contributed by atoms with Crippen molar-refractivity contribution in [3.05, 3.63) is 0 Å². The summed E-state index contributed by atoms with van der Waals surface area (Å²) in [6, 6.07) is 0. The first-order chi connectivity index (χ1) is 5.26. The van der Waals surface area contributed by atoms with Crippen LogP contribution in [0, 0.1) is 11.8 Å². The molecule has 2 unspecified atom stereocenters. The Hall–Kier alpha value is 0.350. The van der Waals surface area contributed by atoms with Gasteiger partial charge in [-0.2, -0.15) is 0 Å². The molecular formula is C10H21S. The Labute approximate surface area is 77.2 Å². The number of rotatable bonds is 6. The summed E-state index contributed by atoms with van der Waals surface area (Å²) in [5.41, 5.74) is 0. The van der Waals surface area contributed by atoms with Gasteiger partial charge in [0.25, 0.3) is 0 Å². The molecule has 0 saturated carbocycles. The van der Waals surface area contributed by atoms with Crippen molar-refractivity contribution in [1.29, 1.82) is 0 Å². The van der Waals surface area contributed by atoms with Crippen LogP contribution >= 0.6 is 12.6 Å². The van der Waals surface area contributed by atoms with Crippen LogP contribution < -0.4 is 0 Å². The van der Waals surface area contributed by atoms with Gasteiger partial charge in [-0.25, -0.2) is 0 Å². The van der Waals surface area contributed by atoms with Crippen LogP contribution in [0.15, 0.2) is 0 Å². The molecule has 11 heavy (non-hydrogen) atoms. The number of unbranched alkanes of at least 4 members (excludes halogenated alkanes) is 1. The highest BCUT2D eigenvalue weighted by atomic mass is 32.1. The Balaban J connectivity index is 3.56. The van der Waals surface area contributed by atoms with Gasteiger partial charge in [0.05, 0.1) is 0 Å². The van der Waals surface area contributed by atoms with Crippen molar-refractivity contribution in [2.45, 2.75) is 46.5 Å². The van der Waals surface area contributed by atoms with E-state index in [1.54, 1.807) is 0 Å². The van der Waals surface area contributed by atoms with Gasteiger partial charge >= 0.3 is 0 Å². The monoisotopic (exact) mass is 173 g/mol. The third-order valence-corrected chi connectivity index (χ3v) is 3.05. The molecule has 0 heterocycles. The van der Waals surface area contributed by atoms with E-state index in [2.05, 4.69) is 20.8 Å². The van der Waals surface area contributed by atoms with Gasteiger partial charge in [0.1, 0.15) is 0 Å². The third-order valence-electron chi connectivity index (χ3n) is 2.52. The molecular weight excluding hydrogens is 152 g/mol. The minimum Gasteiger partial charge on any atom is -0.0939 e. The van der Waals surface area contributed by atoms with E-state index < -0.39 is 0 Å². The first kappa shape index (κ1) is 11.4. The van der Waals surface area contributed by atoms with Crippen molar-refractivity contribution in [1.82, 2.24) is 0 Å².